The van der Waals surface area contributed by atoms with E-state index in [1.807, 2.05) is 33.0 Å². The topological polar surface area (TPSA) is 75.2 Å². The number of amides is 2. The van der Waals surface area contributed by atoms with Gasteiger partial charge in [-0.3, -0.25) is 0 Å². The molecule has 32 heavy (non-hydrogen) atoms. The molecule has 1 fully saturated rings. The number of ether oxygens (including phenoxy) is 2. The predicted octanol–water partition coefficient (Wildman–Crippen LogP) is 3.97. The minimum absolute atomic E-state index is 0.224. The van der Waals surface area contributed by atoms with Gasteiger partial charge in [-0.25, -0.2) is 14.6 Å². The number of fused-ring (bicyclic) bond motifs is 1. The summed E-state index contributed by atoms with van der Waals surface area (Å²) in [7, 11) is -1.22. The number of pyridine rings is 1. The predicted molar refractivity (Wildman–Crippen MR) is 128 cm³/mol. The number of hydrogen-bond acceptors (Lipinski definition) is 6. The number of carbonyl (C=O) groups excluding carboxylic acids is 2. The number of piperazine rings is 1. The number of rotatable bonds is 4. The zero-order valence-electron chi connectivity index (χ0n) is 20.4. The Morgan fingerprint density at radius 1 is 1.03 bits per heavy atom. The highest BCUT2D eigenvalue weighted by molar-refractivity contribution is 6.76. The molecular weight excluding hydrogens is 424 g/mol. The smallest absolute Gasteiger partial charge is 0.410 e. The molecule has 0 aromatic carbocycles. The third-order valence-corrected chi connectivity index (χ3v) is 7.39. The molecule has 0 atom stereocenters. The lowest BCUT2D eigenvalue weighted by Crippen LogP contribution is -2.50. The van der Waals surface area contributed by atoms with Crippen molar-refractivity contribution in [1.82, 2.24) is 14.8 Å². The van der Waals surface area contributed by atoms with Gasteiger partial charge in [-0.1, -0.05) is 19.6 Å². The number of nitrogens with zero attached hydrogens (tertiary/aromatic N) is 4. The highest BCUT2D eigenvalue weighted by atomic mass is 28.3. The van der Waals surface area contributed by atoms with E-state index in [1.165, 1.54) is 5.56 Å². The Morgan fingerprint density at radius 2 is 1.72 bits per heavy atom. The average molecular weight is 463 g/mol. The van der Waals surface area contributed by atoms with Crippen molar-refractivity contribution in [3.63, 3.8) is 0 Å². The van der Waals surface area contributed by atoms with Crippen molar-refractivity contribution >= 4 is 26.1 Å². The van der Waals surface area contributed by atoms with E-state index in [1.54, 1.807) is 9.80 Å². The van der Waals surface area contributed by atoms with Gasteiger partial charge in [0.1, 0.15) is 11.4 Å². The number of aromatic nitrogens is 1. The Balaban J connectivity index is 1.58. The molecule has 1 aromatic rings. The zero-order chi connectivity index (χ0) is 23.5. The van der Waals surface area contributed by atoms with Gasteiger partial charge in [0.25, 0.3) is 0 Å². The molecule has 0 saturated carbocycles. The van der Waals surface area contributed by atoms with Crippen LogP contribution in [0.3, 0.4) is 0 Å². The quantitative estimate of drug-likeness (QED) is 0.630. The Morgan fingerprint density at radius 3 is 2.34 bits per heavy atom. The van der Waals surface area contributed by atoms with E-state index < -0.39 is 13.7 Å². The van der Waals surface area contributed by atoms with Crippen molar-refractivity contribution in [2.45, 2.75) is 65.0 Å². The molecule has 3 rings (SSSR count). The maximum Gasteiger partial charge on any atom is 0.410 e. The van der Waals surface area contributed by atoms with E-state index >= 15 is 0 Å². The van der Waals surface area contributed by atoms with Gasteiger partial charge in [0.05, 0.1) is 6.61 Å². The first-order valence-electron chi connectivity index (χ1n) is 11.5. The molecule has 0 radical (unpaired) electrons. The fourth-order valence-corrected chi connectivity index (χ4v) is 4.58. The van der Waals surface area contributed by atoms with Gasteiger partial charge < -0.3 is 24.2 Å². The third-order valence-electron chi connectivity index (χ3n) is 5.69. The van der Waals surface area contributed by atoms with Crippen LogP contribution >= 0.6 is 0 Å². The summed E-state index contributed by atoms with van der Waals surface area (Å²) >= 11 is 0. The molecule has 1 aromatic heterocycles. The maximum absolute atomic E-state index is 12.5. The Labute approximate surface area is 192 Å². The molecule has 0 spiro atoms. The van der Waals surface area contributed by atoms with Gasteiger partial charge in [0.15, 0.2) is 0 Å². The van der Waals surface area contributed by atoms with Crippen molar-refractivity contribution in [2.24, 2.45) is 0 Å². The number of hydrogen-bond donors (Lipinski definition) is 0. The van der Waals surface area contributed by atoms with E-state index in [9.17, 15) is 9.59 Å². The van der Waals surface area contributed by atoms with Crippen molar-refractivity contribution in [3.05, 3.63) is 23.4 Å². The summed E-state index contributed by atoms with van der Waals surface area (Å²) in [5.74, 6) is 0.970. The molecule has 0 aliphatic carbocycles. The van der Waals surface area contributed by atoms with Crippen LogP contribution in [0.4, 0.5) is 15.4 Å². The molecule has 0 N–H and O–H groups in total. The SMILES string of the molecule is CC(C)(C)OC(=O)N1CCN(c2nccc3c2CCN(C(=O)OCC[Si](C)(C)C)C3)CC1. The molecule has 178 valence electrons. The lowest BCUT2D eigenvalue weighted by molar-refractivity contribution is 0.0240. The molecule has 2 aliphatic heterocycles. The van der Waals surface area contributed by atoms with Gasteiger partial charge in [0, 0.05) is 59.1 Å². The second-order valence-electron chi connectivity index (χ2n) is 10.8. The van der Waals surface area contributed by atoms with E-state index in [0.29, 0.717) is 45.9 Å². The molecule has 3 heterocycles. The zero-order valence-corrected chi connectivity index (χ0v) is 21.4. The monoisotopic (exact) mass is 462 g/mol. The maximum atomic E-state index is 12.5. The lowest BCUT2D eigenvalue weighted by Gasteiger charge is -2.38. The number of anilines is 1. The molecule has 2 aliphatic rings. The Hall–Kier alpha value is -2.29. The third kappa shape index (κ3) is 6.60. The fraction of sp³-hybridized carbons (Fsp3) is 0.696. The van der Waals surface area contributed by atoms with E-state index in [4.69, 9.17) is 9.47 Å². The molecule has 0 bridgehead atoms. The van der Waals surface area contributed by atoms with Crippen molar-refractivity contribution in [3.8, 4) is 0 Å². The summed E-state index contributed by atoms with van der Waals surface area (Å²) in [5, 5.41) is 0. The van der Waals surface area contributed by atoms with E-state index in [-0.39, 0.29) is 12.2 Å². The minimum atomic E-state index is -1.22. The van der Waals surface area contributed by atoms with Crippen LogP contribution in [0.2, 0.25) is 25.7 Å². The van der Waals surface area contributed by atoms with Crippen LogP contribution in [-0.2, 0) is 22.4 Å². The minimum Gasteiger partial charge on any atom is -0.450 e. The number of carbonyl (C=O) groups is 2. The second kappa shape index (κ2) is 9.68. The van der Waals surface area contributed by atoms with Crippen molar-refractivity contribution < 1.29 is 19.1 Å². The average Bonchev–Trinajstić information content (AvgIpc) is 2.71. The second-order valence-corrected chi connectivity index (χ2v) is 16.4. The van der Waals surface area contributed by atoms with Gasteiger partial charge >= 0.3 is 12.2 Å². The summed E-state index contributed by atoms with van der Waals surface area (Å²) in [6.07, 6.45) is 2.09. The van der Waals surface area contributed by atoms with Gasteiger partial charge in [0.2, 0.25) is 0 Å². The largest absolute Gasteiger partial charge is 0.450 e. The van der Waals surface area contributed by atoms with Crippen LogP contribution in [0.5, 0.6) is 0 Å². The summed E-state index contributed by atoms with van der Waals surface area (Å²) in [6, 6.07) is 2.98. The summed E-state index contributed by atoms with van der Waals surface area (Å²) in [5.41, 5.74) is 1.83. The van der Waals surface area contributed by atoms with E-state index in [0.717, 1.165) is 23.8 Å². The summed E-state index contributed by atoms with van der Waals surface area (Å²) in [6.45, 7) is 16.8. The summed E-state index contributed by atoms with van der Waals surface area (Å²) in [4.78, 5) is 35.3. The Kier molecular flexibility index (Phi) is 7.37. The van der Waals surface area contributed by atoms with Crippen LogP contribution < -0.4 is 4.90 Å². The van der Waals surface area contributed by atoms with Crippen LogP contribution in [-0.4, -0.2) is 80.0 Å². The van der Waals surface area contributed by atoms with Crippen LogP contribution in [0.15, 0.2) is 12.3 Å². The first-order valence-corrected chi connectivity index (χ1v) is 15.2. The normalized spacial score (nSPS) is 17.1. The first kappa shape index (κ1) is 24.4. The fourth-order valence-electron chi connectivity index (χ4n) is 3.86. The molecule has 2 amide bonds. The van der Waals surface area contributed by atoms with Gasteiger partial charge in [-0.2, -0.15) is 0 Å². The standard InChI is InChI=1S/C23H38N4O4Si/c1-23(2,3)31-22(29)26-13-11-25(12-14-26)20-19-8-10-27(17-18(19)7-9-24-20)21(28)30-15-16-32(4,5)6/h7,9H,8,10-17H2,1-6H3. The van der Waals surface area contributed by atoms with E-state index in [2.05, 4.69) is 29.5 Å². The van der Waals surface area contributed by atoms with Crippen LogP contribution in [0.25, 0.3) is 0 Å². The van der Waals surface area contributed by atoms with Gasteiger partial charge in [-0.15, -0.1) is 0 Å². The highest BCUT2D eigenvalue weighted by Gasteiger charge is 2.30. The van der Waals surface area contributed by atoms with Crippen LogP contribution in [0, 0.1) is 0 Å². The molecule has 9 heteroatoms. The molecule has 1 saturated heterocycles. The highest BCUT2D eigenvalue weighted by Crippen LogP contribution is 2.28. The molecule has 8 nitrogen and oxygen atoms in total. The molecule has 0 unspecified atom stereocenters. The van der Waals surface area contributed by atoms with Gasteiger partial charge in [-0.05, 0) is 44.9 Å². The summed E-state index contributed by atoms with van der Waals surface area (Å²) < 4.78 is 11.0. The van der Waals surface area contributed by atoms with Crippen LogP contribution in [0.1, 0.15) is 31.9 Å². The van der Waals surface area contributed by atoms with Crippen molar-refractivity contribution in [1.29, 1.82) is 0 Å². The Bertz CT molecular complexity index is 826. The molecular formula is C23H38N4O4Si. The first-order chi connectivity index (χ1) is 14.9. The van der Waals surface area contributed by atoms with Crippen molar-refractivity contribution in [2.75, 3.05) is 44.2 Å². The lowest BCUT2D eigenvalue weighted by atomic mass is 10.0.